The molecule has 0 saturated heterocycles. The van der Waals surface area contributed by atoms with Crippen LogP contribution in [-0.2, 0) is 5.75 Å². The largest absolute Gasteiger partial charge is 0.334 e. The first-order valence-corrected chi connectivity index (χ1v) is 11.7. The van der Waals surface area contributed by atoms with Gasteiger partial charge in [0, 0.05) is 23.0 Å². The van der Waals surface area contributed by atoms with Crippen molar-refractivity contribution >= 4 is 35.0 Å². The summed E-state index contributed by atoms with van der Waals surface area (Å²) >= 11 is 14.1. The smallest absolute Gasteiger partial charge is 0.259 e. The van der Waals surface area contributed by atoms with E-state index in [-0.39, 0.29) is 0 Å². The fraction of sp³-hybridized carbons (Fsp3) is 0.0870. The molecular weight excluding hydrogens is 479 g/mol. The van der Waals surface area contributed by atoms with E-state index in [0.717, 1.165) is 16.8 Å². The van der Waals surface area contributed by atoms with Crippen LogP contribution in [0.15, 0.2) is 76.7 Å². The summed E-state index contributed by atoms with van der Waals surface area (Å²) in [7, 11) is 0. The van der Waals surface area contributed by atoms with Crippen LogP contribution in [0.25, 0.3) is 28.5 Å². The summed E-state index contributed by atoms with van der Waals surface area (Å²) in [6, 6.07) is 16.9. The van der Waals surface area contributed by atoms with Gasteiger partial charge in [-0.2, -0.15) is 4.98 Å². The lowest BCUT2D eigenvalue weighted by Gasteiger charge is -2.13. The van der Waals surface area contributed by atoms with E-state index in [2.05, 4.69) is 25.3 Å². The van der Waals surface area contributed by atoms with Crippen molar-refractivity contribution in [2.24, 2.45) is 0 Å². The first-order valence-electron chi connectivity index (χ1n) is 9.93. The highest BCUT2D eigenvalue weighted by Gasteiger charge is 2.20. The summed E-state index contributed by atoms with van der Waals surface area (Å²) < 4.78 is 7.40. The molecule has 0 saturated carbocycles. The Morgan fingerprint density at radius 3 is 2.55 bits per heavy atom. The number of pyridine rings is 1. The number of benzene rings is 2. The van der Waals surface area contributed by atoms with Gasteiger partial charge in [0.25, 0.3) is 5.89 Å². The normalized spacial score (nSPS) is 11.1. The Kier molecular flexibility index (Phi) is 6.13. The molecule has 0 atom stereocenters. The van der Waals surface area contributed by atoms with Crippen LogP contribution in [0.2, 0.25) is 10.0 Å². The third kappa shape index (κ3) is 4.37. The van der Waals surface area contributed by atoms with Crippen molar-refractivity contribution in [2.45, 2.75) is 17.8 Å². The lowest BCUT2D eigenvalue weighted by Crippen LogP contribution is -2.02. The van der Waals surface area contributed by atoms with Gasteiger partial charge in [0.2, 0.25) is 0 Å². The first-order chi connectivity index (χ1) is 16.1. The third-order valence-electron chi connectivity index (χ3n) is 4.95. The predicted octanol–water partition coefficient (Wildman–Crippen LogP) is 6.29. The van der Waals surface area contributed by atoms with Crippen molar-refractivity contribution in [1.82, 2.24) is 29.9 Å². The quantitative estimate of drug-likeness (QED) is 0.256. The zero-order valence-electron chi connectivity index (χ0n) is 17.3. The second kappa shape index (κ2) is 9.35. The summed E-state index contributed by atoms with van der Waals surface area (Å²) in [6.07, 6.45) is 3.45. The summed E-state index contributed by atoms with van der Waals surface area (Å²) in [5.74, 6) is 2.02. The number of rotatable bonds is 6. The maximum absolute atomic E-state index is 6.41. The van der Waals surface area contributed by atoms with Gasteiger partial charge in [-0.05, 0) is 48.9 Å². The molecule has 3 aromatic heterocycles. The molecule has 0 N–H and O–H groups in total. The minimum absolute atomic E-state index is 0.376. The van der Waals surface area contributed by atoms with Gasteiger partial charge >= 0.3 is 0 Å². The van der Waals surface area contributed by atoms with E-state index in [4.69, 9.17) is 27.7 Å². The number of aromatic nitrogens is 6. The minimum Gasteiger partial charge on any atom is -0.334 e. The van der Waals surface area contributed by atoms with Crippen molar-refractivity contribution in [2.75, 3.05) is 0 Å². The molecular formula is C23H16Cl2N6OS. The van der Waals surface area contributed by atoms with Gasteiger partial charge in [0.15, 0.2) is 16.8 Å². The molecule has 2 aromatic carbocycles. The monoisotopic (exact) mass is 494 g/mol. The van der Waals surface area contributed by atoms with Crippen LogP contribution in [0.5, 0.6) is 0 Å². The zero-order valence-corrected chi connectivity index (χ0v) is 19.6. The second-order valence-electron chi connectivity index (χ2n) is 7.05. The van der Waals surface area contributed by atoms with Crippen LogP contribution in [0.1, 0.15) is 11.4 Å². The molecule has 5 rings (SSSR count). The standard InChI is InChI=1S/C23H16Cl2N6OS/c1-14-17(24)7-4-8-19(14)31-21(15-9-11-26-12-10-15)28-29-23(31)33-13-20-27-22(32-30-20)16-5-2-3-6-18(16)25/h2-12H,13H2,1H3. The van der Waals surface area contributed by atoms with Crippen LogP contribution in [0.3, 0.4) is 0 Å². The minimum atomic E-state index is 0.376. The van der Waals surface area contributed by atoms with Crippen LogP contribution in [0, 0.1) is 6.92 Å². The maximum atomic E-state index is 6.41. The second-order valence-corrected chi connectivity index (χ2v) is 8.80. The Balaban J connectivity index is 1.49. The molecule has 0 aliphatic carbocycles. The van der Waals surface area contributed by atoms with Crippen molar-refractivity contribution < 1.29 is 4.52 Å². The van der Waals surface area contributed by atoms with Crippen molar-refractivity contribution in [3.05, 3.63) is 88.4 Å². The number of thioether (sulfide) groups is 1. The molecule has 0 bridgehead atoms. The van der Waals surface area contributed by atoms with E-state index in [9.17, 15) is 0 Å². The Labute approximate surface area is 203 Å². The van der Waals surface area contributed by atoms with E-state index >= 15 is 0 Å². The molecule has 0 aliphatic rings. The Morgan fingerprint density at radius 2 is 1.73 bits per heavy atom. The molecule has 164 valence electrons. The number of nitrogens with zero attached hydrogens (tertiary/aromatic N) is 6. The van der Waals surface area contributed by atoms with Gasteiger partial charge in [-0.3, -0.25) is 9.55 Å². The molecule has 5 aromatic rings. The summed E-state index contributed by atoms with van der Waals surface area (Å²) in [4.78, 5) is 8.59. The van der Waals surface area contributed by atoms with E-state index < -0.39 is 0 Å². The Hall–Kier alpha value is -3.20. The van der Waals surface area contributed by atoms with Crippen LogP contribution < -0.4 is 0 Å². The van der Waals surface area contributed by atoms with Gasteiger partial charge in [-0.25, -0.2) is 0 Å². The van der Waals surface area contributed by atoms with E-state index in [1.54, 1.807) is 18.5 Å². The average Bonchev–Trinajstić information content (AvgIpc) is 3.48. The summed E-state index contributed by atoms with van der Waals surface area (Å²) in [5, 5.41) is 14.9. The fourth-order valence-corrected chi connectivity index (χ4v) is 4.47. The SMILES string of the molecule is Cc1c(Cl)cccc1-n1c(SCc2noc(-c3ccccc3Cl)n2)nnc1-c1ccncc1. The highest BCUT2D eigenvalue weighted by Crippen LogP contribution is 2.33. The van der Waals surface area contributed by atoms with Crippen LogP contribution in [0.4, 0.5) is 0 Å². The molecule has 7 nitrogen and oxygen atoms in total. The van der Waals surface area contributed by atoms with E-state index in [0.29, 0.717) is 44.1 Å². The zero-order chi connectivity index (χ0) is 22.8. The lowest BCUT2D eigenvalue weighted by molar-refractivity contribution is 0.425. The van der Waals surface area contributed by atoms with Crippen LogP contribution in [-0.4, -0.2) is 29.9 Å². The molecule has 10 heteroatoms. The summed E-state index contributed by atoms with van der Waals surface area (Å²) in [5.41, 5.74) is 3.41. The maximum Gasteiger partial charge on any atom is 0.259 e. The first kappa shape index (κ1) is 21.6. The Morgan fingerprint density at radius 1 is 0.939 bits per heavy atom. The molecule has 0 amide bonds. The fourth-order valence-electron chi connectivity index (χ4n) is 3.29. The lowest BCUT2D eigenvalue weighted by atomic mass is 10.2. The van der Waals surface area contributed by atoms with Gasteiger partial charge in [0.05, 0.1) is 22.0 Å². The molecule has 3 heterocycles. The van der Waals surface area contributed by atoms with Crippen molar-refractivity contribution in [1.29, 1.82) is 0 Å². The van der Waals surface area contributed by atoms with Crippen molar-refractivity contribution in [3.8, 4) is 28.5 Å². The number of hydrogen-bond donors (Lipinski definition) is 0. The van der Waals surface area contributed by atoms with E-state index in [1.807, 2.05) is 60.0 Å². The molecule has 0 radical (unpaired) electrons. The van der Waals surface area contributed by atoms with Gasteiger partial charge in [-0.15, -0.1) is 10.2 Å². The molecule has 0 fully saturated rings. The highest BCUT2D eigenvalue weighted by atomic mass is 35.5. The third-order valence-corrected chi connectivity index (χ3v) is 6.62. The number of halogens is 2. The van der Waals surface area contributed by atoms with E-state index in [1.165, 1.54) is 11.8 Å². The van der Waals surface area contributed by atoms with Gasteiger partial charge in [0.1, 0.15) is 0 Å². The van der Waals surface area contributed by atoms with Gasteiger partial charge < -0.3 is 4.52 Å². The molecule has 0 aliphatic heterocycles. The topological polar surface area (TPSA) is 82.5 Å². The predicted molar refractivity (Wildman–Crippen MR) is 129 cm³/mol. The molecule has 0 spiro atoms. The molecule has 0 unspecified atom stereocenters. The summed E-state index contributed by atoms with van der Waals surface area (Å²) in [6.45, 7) is 1.97. The van der Waals surface area contributed by atoms with Crippen molar-refractivity contribution in [3.63, 3.8) is 0 Å². The number of hydrogen-bond acceptors (Lipinski definition) is 7. The van der Waals surface area contributed by atoms with Crippen LogP contribution >= 0.6 is 35.0 Å². The molecule has 33 heavy (non-hydrogen) atoms. The van der Waals surface area contributed by atoms with Gasteiger partial charge in [-0.1, -0.05) is 58.3 Å². The average molecular weight is 495 g/mol. The Bertz CT molecular complexity index is 1420. The highest BCUT2D eigenvalue weighted by molar-refractivity contribution is 7.98.